The monoisotopic (exact) mass is 369 g/mol. The largest absolute Gasteiger partial charge is 0.508 e. The van der Waals surface area contributed by atoms with Crippen molar-refractivity contribution in [3.63, 3.8) is 0 Å². The van der Waals surface area contributed by atoms with Crippen molar-refractivity contribution < 1.29 is 9.52 Å². The lowest BCUT2D eigenvalue weighted by Crippen LogP contribution is -2.13. The summed E-state index contributed by atoms with van der Waals surface area (Å²) in [7, 11) is 0. The first-order chi connectivity index (χ1) is 12.5. The molecule has 5 heteroatoms. The molecule has 1 aliphatic carbocycles. The molecule has 0 unspecified atom stereocenters. The van der Waals surface area contributed by atoms with Crippen LogP contribution in [0.3, 0.4) is 0 Å². The van der Waals surface area contributed by atoms with E-state index in [1.54, 1.807) is 23.5 Å². The van der Waals surface area contributed by atoms with Crippen LogP contribution in [-0.2, 0) is 0 Å². The number of phenols is 1. The Labute approximate surface area is 156 Å². The van der Waals surface area contributed by atoms with E-state index in [-0.39, 0.29) is 5.75 Å². The zero-order valence-corrected chi connectivity index (χ0v) is 15.9. The minimum atomic E-state index is -0.405. The second kappa shape index (κ2) is 6.88. The summed E-state index contributed by atoms with van der Waals surface area (Å²) in [6, 6.07) is 6.63. The molecule has 0 spiro atoms. The number of aromatic hydroxyl groups is 1. The molecule has 0 radical (unpaired) electrons. The molecule has 3 aromatic rings. The molecule has 0 bridgehead atoms. The average molecular weight is 369 g/mol. The van der Waals surface area contributed by atoms with Gasteiger partial charge in [-0.2, -0.15) is 0 Å². The number of benzene rings is 1. The molecule has 136 valence electrons. The van der Waals surface area contributed by atoms with Crippen LogP contribution in [-0.4, -0.2) is 10.1 Å². The second-order valence-corrected chi connectivity index (χ2v) is 8.46. The smallest absolute Gasteiger partial charge is 0.346 e. The molecule has 26 heavy (non-hydrogen) atoms. The molecule has 4 nitrogen and oxygen atoms in total. The van der Waals surface area contributed by atoms with Crippen molar-refractivity contribution in [2.75, 3.05) is 0 Å². The first kappa shape index (κ1) is 17.3. The van der Waals surface area contributed by atoms with Crippen LogP contribution in [0.25, 0.3) is 21.5 Å². The van der Waals surface area contributed by atoms with Gasteiger partial charge in [0, 0.05) is 22.2 Å². The maximum Gasteiger partial charge on any atom is 0.346 e. The van der Waals surface area contributed by atoms with Crippen LogP contribution < -0.4 is 5.63 Å². The molecule has 4 rings (SSSR count). The van der Waals surface area contributed by atoms with Gasteiger partial charge in [-0.25, -0.2) is 9.78 Å². The zero-order valence-electron chi connectivity index (χ0n) is 15.1. The van der Waals surface area contributed by atoms with Crippen molar-refractivity contribution in [3.05, 3.63) is 45.3 Å². The van der Waals surface area contributed by atoms with Crippen LogP contribution in [0.5, 0.6) is 5.75 Å². The average Bonchev–Trinajstić information content (AvgIpc) is 3.02. The van der Waals surface area contributed by atoms with Gasteiger partial charge in [0.15, 0.2) is 0 Å². The van der Waals surface area contributed by atoms with Crippen molar-refractivity contribution in [2.24, 2.45) is 5.92 Å². The molecule has 1 fully saturated rings. The zero-order chi connectivity index (χ0) is 18.3. The van der Waals surface area contributed by atoms with Gasteiger partial charge in [-0.1, -0.05) is 13.3 Å². The lowest BCUT2D eigenvalue weighted by atomic mass is 9.79. The van der Waals surface area contributed by atoms with Crippen molar-refractivity contribution in [2.45, 2.75) is 51.9 Å². The number of hydrogen-bond acceptors (Lipinski definition) is 5. The Hall–Kier alpha value is -2.14. The number of thiazole rings is 1. The summed E-state index contributed by atoms with van der Waals surface area (Å²) in [4.78, 5) is 18.5. The van der Waals surface area contributed by atoms with E-state index in [4.69, 9.17) is 9.40 Å². The van der Waals surface area contributed by atoms with Crippen molar-refractivity contribution >= 4 is 22.3 Å². The normalized spacial score (nSPS) is 20.5. The third-order valence-electron chi connectivity index (χ3n) is 5.59. The Morgan fingerprint density at radius 3 is 2.73 bits per heavy atom. The van der Waals surface area contributed by atoms with E-state index >= 15 is 0 Å². The number of hydrogen-bond donors (Lipinski definition) is 1. The SMILES string of the molecule is CCC1CCC(c2nc(-c3cc4ccc(O)cc4oc3=O)sc2C)CC1. The summed E-state index contributed by atoms with van der Waals surface area (Å²) in [5.41, 5.74) is 1.65. The minimum absolute atomic E-state index is 0.0865. The molecular formula is C21H23NO3S. The molecule has 2 aromatic heterocycles. The second-order valence-electron chi connectivity index (χ2n) is 7.26. The first-order valence-corrected chi connectivity index (χ1v) is 10.1. The topological polar surface area (TPSA) is 63.3 Å². The fraction of sp³-hybridized carbons (Fsp3) is 0.429. The summed E-state index contributed by atoms with van der Waals surface area (Å²) >= 11 is 1.57. The molecule has 0 atom stereocenters. The third-order valence-corrected chi connectivity index (χ3v) is 6.61. The van der Waals surface area contributed by atoms with Crippen LogP contribution in [0.1, 0.15) is 55.5 Å². The standard InChI is InChI=1S/C21H23NO3S/c1-3-13-4-6-14(7-5-13)19-12(2)26-20(22-19)17-10-15-8-9-16(23)11-18(15)25-21(17)24/h8-11,13-14,23H,3-7H2,1-2H3. The van der Waals surface area contributed by atoms with Gasteiger partial charge >= 0.3 is 5.63 Å². The Morgan fingerprint density at radius 1 is 1.23 bits per heavy atom. The number of aryl methyl sites for hydroxylation is 1. The van der Waals surface area contributed by atoms with Gasteiger partial charge in [0.1, 0.15) is 16.3 Å². The number of rotatable bonds is 3. The Morgan fingerprint density at radius 2 is 2.00 bits per heavy atom. The molecule has 1 aromatic carbocycles. The van der Waals surface area contributed by atoms with E-state index in [2.05, 4.69) is 13.8 Å². The fourth-order valence-electron chi connectivity index (χ4n) is 4.00. The van der Waals surface area contributed by atoms with E-state index in [0.717, 1.165) is 22.0 Å². The quantitative estimate of drug-likeness (QED) is 0.609. The molecule has 1 N–H and O–H groups in total. The lowest BCUT2D eigenvalue weighted by molar-refractivity contribution is 0.316. The van der Waals surface area contributed by atoms with Crippen LogP contribution in [0, 0.1) is 12.8 Å². The predicted molar refractivity (Wildman–Crippen MR) is 105 cm³/mol. The number of fused-ring (bicyclic) bond motifs is 1. The summed E-state index contributed by atoms with van der Waals surface area (Å²) < 4.78 is 5.40. The number of nitrogens with zero attached hydrogens (tertiary/aromatic N) is 1. The fourth-order valence-corrected chi connectivity index (χ4v) is 5.00. The predicted octanol–water partition coefficient (Wildman–Crippen LogP) is 5.61. The van der Waals surface area contributed by atoms with Crippen LogP contribution >= 0.6 is 11.3 Å². The highest BCUT2D eigenvalue weighted by Crippen LogP contribution is 2.40. The first-order valence-electron chi connectivity index (χ1n) is 9.29. The van der Waals surface area contributed by atoms with E-state index in [1.165, 1.54) is 43.0 Å². The molecule has 1 aliphatic rings. The van der Waals surface area contributed by atoms with E-state index in [1.807, 2.05) is 6.07 Å². The summed E-state index contributed by atoms with van der Waals surface area (Å²) in [6.07, 6.45) is 6.19. The van der Waals surface area contributed by atoms with Gasteiger partial charge in [-0.05, 0) is 56.7 Å². The highest BCUT2D eigenvalue weighted by Gasteiger charge is 2.25. The molecule has 0 amide bonds. The Bertz CT molecular complexity index is 996. The highest BCUT2D eigenvalue weighted by atomic mass is 32.1. The Balaban J connectivity index is 1.69. The van der Waals surface area contributed by atoms with Gasteiger partial charge in [0.05, 0.1) is 11.3 Å². The minimum Gasteiger partial charge on any atom is -0.508 e. The van der Waals surface area contributed by atoms with Crippen LogP contribution in [0.15, 0.2) is 33.5 Å². The van der Waals surface area contributed by atoms with Crippen molar-refractivity contribution in [3.8, 4) is 16.3 Å². The molecule has 2 heterocycles. The lowest BCUT2D eigenvalue weighted by Gasteiger charge is -2.27. The maximum atomic E-state index is 12.4. The van der Waals surface area contributed by atoms with Gasteiger partial charge in [0.2, 0.25) is 0 Å². The third kappa shape index (κ3) is 3.16. The summed E-state index contributed by atoms with van der Waals surface area (Å²) in [5, 5.41) is 11.1. The van der Waals surface area contributed by atoms with Crippen LogP contribution in [0.4, 0.5) is 0 Å². The summed E-state index contributed by atoms with van der Waals surface area (Å²) in [5.74, 6) is 1.45. The van der Waals surface area contributed by atoms with E-state index < -0.39 is 5.63 Å². The number of aromatic nitrogens is 1. The van der Waals surface area contributed by atoms with Crippen molar-refractivity contribution in [1.82, 2.24) is 4.98 Å². The van der Waals surface area contributed by atoms with Crippen LogP contribution in [0.2, 0.25) is 0 Å². The molecule has 0 aliphatic heterocycles. The van der Waals surface area contributed by atoms with Gasteiger partial charge in [-0.15, -0.1) is 11.3 Å². The van der Waals surface area contributed by atoms with Gasteiger partial charge < -0.3 is 9.52 Å². The molecule has 0 saturated heterocycles. The Kier molecular flexibility index (Phi) is 4.57. The number of phenolic OH excluding ortho intramolecular Hbond substituents is 1. The van der Waals surface area contributed by atoms with Crippen molar-refractivity contribution in [1.29, 1.82) is 0 Å². The van der Waals surface area contributed by atoms with Gasteiger partial charge in [0.25, 0.3) is 0 Å². The molecular weight excluding hydrogens is 346 g/mol. The van der Waals surface area contributed by atoms with E-state index in [9.17, 15) is 9.90 Å². The van der Waals surface area contributed by atoms with Gasteiger partial charge in [-0.3, -0.25) is 0 Å². The molecule has 1 saturated carbocycles. The maximum absolute atomic E-state index is 12.4. The highest BCUT2D eigenvalue weighted by molar-refractivity contribution is 7.15. The van der Waals surface area contributed by atoms with E-state index in [0.29, 0.717) is 17.1 Å². The summed E-state index contributed by atoms with van der Waals surface area (Å²) in [6.45, 7) is 4.37.